The summed E-state index contributed by atoms with van der Waals surface area (Å²) in [4.78, 5) is 21.3. The molecule has 0 spiro atoms. The van der Waals surface area contributed by atoms with Crippen LogP contribution in [0.5, 0.6) is 0 Å². The van der Waals surface area contributed by atoms with Crippen LogP contribution in [-0.2, 0) is 4.79 Å². The number of nitro benzene ring substituents is 1. The van der Waals surface area contributed by atoms with Crippen molar-refractivity contribution in [2.24, 2.45) is 5.41 Å². The monoisotopic (exact) mass is 250 g/mol. The molecule has 6 nitrogen and oxygen atoms in total. The van der Waals surface area contributed by atoms with Gasteiger partial charge in [0.15, 0.2) is 0 Å². The van der Waals surface area contributed by atoms with E-state index in [9.17, 15) is 14.9 Å². The average Bonchev–Trinajstić information content (AvgIpc) is 3.08. The Labute approximate surface area is 104 Å². The van der Waals surface area contributed by atoms with Crippen molar-refractivity contribution in [1.82, 2.24) is 0 Å². The quantitative estimate of drug-likeness (QED) is 0.617. The highest BCUT2D eigenvalue weighted by molar-refractivity contribution is 5.78. The molecule has 96 valence electrons. The largest absolute Gasteiger partial charge is 0.481 e. The van der Waals surface area contributed by atoms with Crippen LogP contribution in [0.3, 0.4) is 0 Å². The summed E-state index contributed by atoms with van der Waals surface area (Å²) in [7, 11) is 0. The van der Waals surface area contributed by atoms with Crippen LogP contribution < -0.4 is 5.32 Å². The number of carbonyl (C=O) groups is 1. The van der Waals surface area contributed by atoms with Crippen molar-refractivity contribution in [2.45, 2.75) is 19.8 Å². The van der Waals surface area contributed by atoms with Crippen LogP contribution >= 0.6 is 0 Å². The van der Waals surface area contributed by atoms with Gasteiger partial charge in [0.05, 0.1) is 10.3 Å². The molecule has 6 heteroatoms. The summed E-state index contributed by atoms with van der Waals surface area (Å²) >= 11 is 0. The summed E-state index contributed by atoms with van der Waals surface area (Å²) in [6, 6.07) is 4.81. The van der Waals surface area contributed by atoms with Crippen LogP contribution in [0, 0.1) is 22.5 Å². The van der Waals surface area contributed by atoms with Gasteiger partial charge in [-0.3, -0.25) is 14.9 Å². The predicted octanol–water partition coefficient (Wildman–Crippen LogP) is 2.18. The van der Waals surface area contributed by atoms with E-state index in [1.165, 1.54) is 6.07 Å². The first-order valence-electron chi connectivity index (χ1n) is 5.67. The number of aliphatic carboxylic acids is 1. The maximum Gasteiger partial charge on any atom is 0.311 e. The summed E-state index contributed by atoms with van der Waals surface area (Å²) in [5.41, 5.74) is 0.532. The highest BCUT2D eigenvalue weighted by atomic mass is 16.6. The molecule has 1 saturated carbocycles. The number of nitrogens with zero attached hydrogens (tertiary/aromatic N) is 1. The zero-order valence-corrected chi connectivity index (χ0v) is 9.97. The van der Waals surface area contributed by atoms with E-state index in [0.29, 0.717) is 30.6 Å². The van der Waals surface area contributed by atoms with E-state index in [-0.39, 0.29) is 5.69 Å². The van der Waals surface area contributed by atoms with Crippen molar-refractivity contribution in [3.63, 3.8) is 0 Å². The molecule has 1 aromatic carbocycles. The molecule has 0 aliphatic heterocycles. The molecule has 2 rings (SSSR count). The lowest BCUT2D eigenvalue weighted by atomic mass is 10.1. The molecule has 0 aromatic heterocycles. The summed E-state index contributed by atoms with van der Waals surface area (Å²) in [6.45, 7) is 1.98. The fourth-order valence-corrected chi connectivity index (χ4v) is 1.80. The number of anilines is 1. The van der Waals surface area contributed by atoms with Crippen LogP contribution in [-0.4, -0.2) is 22.5 Å². The van der Waals surface area contributed by atoms with Crippen molar-refractivity contribution in [2.75, 3.05) is 11.9 Å². The number of aryl methyl sites for hydroxylation is 1. The molecule has 0 radical (unpaired) electrons. The minimum atomic E-state index is -0.809. The molecule has 0 bridgehead atoms. The number of nitro groups is 1. The molecule has 0 atom stereocenters. The second-order valence-corrected chi connectivity index (χ2v) is 4.70. The van der Waals surface area contributed by atoms with E-state index in [4.69, 9.17) is 5.11 Å². The van der Waals surface area contributed by atoms with E-state index in [0.717, 1.165) is 0 Å². The lowest BCUT2D eigenvalue weighted by Gasteiger charge is -2.12. The number of rotatable bonds is 5. The Bertz CT molecular complexity index is 509. The molecule has 1 aliphatic carbocycles. The fourth-order valence-electron chi connectivity index (χ4n) is 1.80. The Balaban J connectivity index is 2.09. The van der Waals surface area contributed by atoms with Crippen LogP contribution in [0.4, 0.5) is 11.4 Å². The van der Waals surface area contributed by atoms with Crippen molar-refractivity contribution >= 4 is 17.3 Å². The van der Waals surface area contributed by atoms with Gasteiger partial charge in [-0.05, 0) is 25.8 Å². The highest BCUT2D eigenvalue weighted by Crippen LogP contribution is 2.45. The van der Waals surface area contributed by atoms with Crippen molar-refractivity contribution in [3.8, 4) is 0 Å². The zero-order valence-electron chi connectivity index (χ0n) is 9.97. The number of benzene rings is 1. The molecule has 0 heterocycles. The number of hydrogen-bond acceptors (Lipinski definition) is 4. The number of carboxylic acid groups (broad SMARTS) is 1. The molecular weight excluding hydrogens is 236 g/mol. The molecule has 0 unspecified atom stereocenters. The highest BCUT2D eigenvalue weighted by Gasteiger charge is 2.50. The predicted molar refractivity (Wildman–Crippen MR) is 65.6 cm³/mol. The van der Waals surface area contributed by atoms with E-state index < -0.39 is 16.3 Å². The van der Waals surface area contributed by atoms with Crippen LogP contribution in [0.15, 0.2) is 18.2 Å². The first-order chi connectivity index (χ1) is 8.44. The van der Waals surface area contributed by atoms with Crippen molar-refractivity contribution < 1.29 is 14.8 Å². The summed E-state index contributed by atoms with van der Waals surface area (Å²) in [6.07, 6.45) is 1.31. The normalized spacial score (nSPS) is 16.1. The minimum Gasteiger partial charge on any atom is -0.481 e. The molecule has 1 aliphatic rings. The van der Waals surface area contributed by atoms with Gasteiger partial charge in [0.2, 0.25) is 0 Å². The second kappa shape index (κ2) is 4.29. The second-order valence-electron chi connectivity index (χ2n) is 4.70. The third kappa shape index (κ3) is 2.27. The average molecular weight is 250 g/mol. The number of hydrogen-bond donors (Lipinski definition) is 2. The maximum atomic E-state index is 11.0. The van der Waals surface area contributed by atoms with Gasteiger partial charge in [-0.1, -0.05) is 6.07 Å². The molecule has 1 aromatic rings. The van der Waals surface area contributed by atoms with Crippen molar-refractivity contribution in [3.05, 3.63) is 33.9 Å². The van der Waals surface area contributed by atoms with Crippen LogP contribution in [0.2, 0.25) is 0 Å². The third-order valence-electron chi connectivity index (χ3n) is 3.34. The summed E-state index contributed by atoms with van der Waals surface area (Å²) < 4.78 is 0. The molecule has 18 heavy (non-hydrogen) atoms. The van der Waals surface area contributed by atoms with Gasteiger partial charge in [0.25, 0.3) is 5.69 Å². The summed E-state index contributed by atoms with van der Waals surface area (Å²) in [5.74, 6) is -0.809. The first kappa shape index (κ1) is 12.3. The van der Waals surface area contributed by atoms with Gasteiger partial charge in [-0.2, -0.15) is 0 Å². The number of carboxylic acids is 1. The van der Waals surface area contributed by atoms with Gasteiger partial charge in [0, 0.05) is 23.9 Å². The van der Waals surface area contributed by atoms with Crippen LogP contribution in [0.25, 0.3) is 0 Å². The Morgan fingerprint density at radius 1 is 1.56 bits per heavy atom. The molecule has 2 N–H and O–H groups in total. The van der Waals surface area contributed by atoms with Crippen LogP contribution in [0.1, 0.15) is 18.4 Å². The maximum absolute atomic E-state index is 11.0. The van der Waals surface area contributed by atoms with E-state index in [2.05, 4.69) is 5.32 Å². The van der Waals surface area contributed by atoms with Gasteiger partial charge in [0.1, 0.15) is 0 Å². The zero-order chi connectivity index (χ0) is 13.3. The lowest BCUT2D eigenvalue weighted by molar-refractivity contribution is -0.385. The molecule has 1 fully saturated rings. The molecule has 0 amide bonds. The topological polar surface area (TPSA) is 92.5 Å². The Hall–Kier alpha value is -2.11. The van der Waals surface area contributed by atoms with Gasteiger partial charge in [-0.15, -0.1) is 0 Å². The Morgan fingerprint density at radius 2 is 2.22 bits per heavy atom. The lowest BCUT2D eigenvalue weighted by Crippen LogP contribution is -2.24. The fraction of sp³-hybridized carbons (Fsp3) is 0.417. The van der Waals surface area contributed by atoms with E-state index >= 15 is 0 Å². The number of nitrogens with one attached hydrogen (secondary N) is 1. The smallest absolute Gasteiger partial charge is 0.311 e. The van der Waals surface area contributed by atoms with Gasteiger partial charge >= 0.3 is 5.97 Å². The molecule has 0 saturated heterocycles. The third-order valence-corrected chi connectivity index (χ3v) is 3.34. The van der Waals surface area contributed by atoms with E-state index in [1.54, 1.807) is 19.1 Å². The molecular formula is C12H14N2O4. The van der Waals surface area contributed by atoms with Gasteiger partial charge in [-0.25, -0.2) is 0 Å². The SMILES string of the molecule is Cc1ccc(NCC2(C(=O)O)CC2)cc1[N+](=O)[O-]. The standard InChI is InChI=1S/C12H14N2O4/c1-8-2-3-9(6-10(8)14(17)18)13-7-12(4-5-12)11(15)16/h2-3,6,13H,4-5,7H2,1H3,(H,15,16). The minimum absolute atomic E-state index is 0.0418. The Kier molecular flexibility index (Phi) is 2.94. The van der Waals surface area contributed by atoms with Gasteiger partial charge < -0.3 is 10.4 Å². The van der Waals surface area contributed by atoms with Crippen molar-refractivity contribution in [1.29, 1.82) is 0 Å². The first-order valence-corrected chi connectivity index (χ1v) is 5.67. The summed E-state index contributed by atoms with van der Waals surface area (Å²) in [5, 5.41) is 22.8. The Morgan fingerprint density at radius 3 is 2.72 bits per heavy atom. The van der Waals surface area contributed by atoms with E-state index in [1.807, 2.05) is 0 Å².